The standard InChI is InChI=1S/C5H5NS.W/c6-4-5-2-1-3-7-5;/h1-3H,6H2;. The maximum absolute atomic E-state index is 5.52. The van der Waals surface area contributed by atoms with Gasteiger partial charge in [-0.2, -0.15) is 0 Å². The summed E-state index contributed by atoms with van der Waals surface area (Å²) in [6.45, 7) is 0. The van der Waals surface area contributed by atoms with Crippen molar-refractivity contribution < 1.29 is 19.4 Å². The minimum absolute atomic E-state index is 0.986. The van der Waals surface area contributed by atoms with E-state index in [-0.39, 0.29) is 0 Å². The van der Waals surface area contributed by atoms with E-state index in [9.17, 15) is 0 Å². The van der Waals surface area contributed by atoms with Crippen LogP contribution in [0.15, 0.2) is 17.5 Å². The monoisotopic (exact) mass is 295 g/mol. The molecule has 0 aliphatic rings. The molecular formula is C5H5NSW. The van der Waals surface area contributed by atoms with E-state index in [1.807, 2.05) is 17.5 Å². The van der Waals surface area contributed by atoms with Crippen molar-refractivity contribution in [1.82, 2.24) is 0 Å². The molecule has 0 aliphatic carbocycles. The van der Waals surface area contributed by atoms with Gasteiger partial charge in [0.2, 0.25) is 0 Å². The molecule has 3 heteroatoms. The number of hydrogen-bond donors (Lipinski definition) is 1. The van der Waals surface area contributed by atoms with Crippen molar-refractivity contribution in [3.05, 3.63) is 22.4 Å². The molecule has 1 nitrogen and oxygen atoms in total. The maximum atomic E-state index is 5.52. The SMILES string of the molecule is N[C](=[W])c1cccs1. The Hall–Kier alpha value is 0.218. The molecule has 0 aromatic carbocycles. The molecule has 0 radical (unpaired) electrons. The molecule has 2 N–H and O–H groups in total. The van der Waals surface area contributed by atoms with E-state index in [1.54, 1.807) is 11.3 Å². The molecular weight excluding hydrogens is 290 g/mol. The fourth-order valence-corrected chi connectivity index (χ4v) is 1.76. The van der Waals surface area contributed by atoms with Gasteiger partial charge in [0.05, 0.1) is 0 Å². The molecule has 0 saturated heterocycles. The van der Waals surface area contributed by atoms with Crippen LogP contribution in [0.2, 0.25) is 0 Å². The first-order valence-electron chi connectivity index (χ1n) is 2.14. The molecule has 1 aromatic rings. The van der Waals surface area contributed by atoms with Crippen LogP contribution in [0.3, 0.4) is 0 Å². The summed E-state index contributed by atoms with van der Waals surface area (Å²) in [6.07, 6.45) is 0. The first-order chi connectivity index (χ1) is 3.80. The summed E-state index contributed by atoms with van der Waals surface area (Å²) >= 11 is 3.04. The van der Waals surface area contributed by atoms with Gasteiger partial charge >= 0.3 is 62.8 Å². The first kappa shape index (κ1) is 6.34. The normalized spacial score (nSPS) is 9.12. The number of hydrogen-bond acceptors (Lipinski definition) is 2. The van der Waals surface area contributed by atoms with Gasteiger partial charge in [0.25, 0.3) is 0 Å². The summed E-state index contributed by atoms with van der Waals surface area (Å²) in [5, 5.41) is 2.03. The van der Waals surface area contributed by atoms with E-state index < -0.39 is 0 Å². The van der Waals surface area contributed by atoms with Crippen molar-refractivity contribution in [2.45, 2.75) is 0 Å². The van der Waals surface area contributed by atoms with Crippen LogP contribution in [-0.2, 0) is 19.4 Å². The van der Waals surface area contributed by atoms with E-state index in [0.29, 0.717) is 0 Å². The third kappa shape index (κ3) is 1.35. The van der Waals surface area contributed by atoms with Crippen LogP contribution in [0.4, 0.5) is 0 Å². The average Bonchev–Trinajstić information content (AvgIpc) is 2.12. The summed E-state index contributed by atoms with van der Waals surface area (Å²) in [7, 11) is 0. The summed E-state index contributed by atoms with van der Waals surface area (Å²) in [4.78, 5) is 1.21. The van der Waals surface area contributed by atoms with Crippen LogP contribution in [0, 0.1) is 0 Å². The zero-order valence-electron chi connectivity index (χ0n) is 4.13. The van der Waals surface area contributed by atoms with Crippen molar-refractivity contribution in [2.75, 3.05) is 0 Å². The first-order valence-corrected chi connectivity index (χ1v) is 4.48. The van der Waals surface area contributed by atoms with E-state index >= 15 is 0 Å². The number of thiophene rings is 1. The fraction of sp³-hybridized carbons (Fsp3) is 0. The molecule has 0 atom stereocenters. The summed E-state index contributed by atoms with van der Waals surface area (Å²) in [5.74, 6) is 0. The van der Waals surface area contributed by atoms with Crippen molar-refractivity contribution in [1.29, 1.82) is 0 Å². The van der Waals surface area contributed by atoms with Gasteiger partial charge in [0, 0.05) is 0 Å². The van der Waals surface area contributed by atoms with Crippen molar-refractivity contribution in [3.8, 4) is 0 Å². The van der Waals surface area contributed by atoms with E-state index in [1.165, 1.54) is 24.2 Å². The number of rotatable bonds is 1. The molecule has 0 amide bonds. The second-order valence-corrected chi connectivity index (χ2v) is 3.87. The minimum atomic E-state index is 0.986. The van der Waals surface area contributed by atoms with Crippen LogP contribution < -0.4 is 5.73 Å². The molecule has 0 saturated carbocycles. The van der Waals surface area contributed by atoms with Crippen LogP contribution in [-0.4, -0.2) is 4.02 Å². The Labute approximate surface area is 62.9 Å². The summed E-state index contributed by atoms with van der Waals surface area (Å²) in [6, 6.07) is 4.04. The van der Waals surface area contributed by atoms with Gasteiger partial charge < -0.3 is 0 Å². The van der Waals surface area contributed by atoms with Gasteiger partial charge in [0.15, 0.2) is 0 Å². The topological polar surface area (TPSA) is 26.0 Å². The third-order valence-electron chi connectivity index (χ3n) is 0.764. The van der Waals surface area contributed by atoms with Gasteiger partial charge in [-0.3, -0.25) is 0 Å². The van der Waals surface area contributed by atoms with Crippen molar-refractivity contribution in [3.63, 3.8) is 0 Å². The van der Waals surface area contributed by atoms with E-state index in [4.69, 9.17) is 5.73 Å². The second kappa shape index (κ2) is 2.67. The Morgan fingerprint density at radius 2 is 2.50 bits per heavy atom. The summed E-state index contributed by atoms with van der Waals surface area (Å²) < 4.78 is 0.986. The molecule has 8 heavy (non-hydrogen) atoms. The van der Waals surface area contributed by atoms with E-state index in [0.717, 1.165) is 4.02 Å². The van der Waals surface area contributed by atoms with Crippen LogP contribution in [0.25, 0.3) is 0 Å². The quantitative estimate of drug-likeness (QED) is 0.812. The Bertz CT molecular complexity index is 180. The summed E-state index contributed by atoms with van der Waals surface area (Å²) in [5.41, 5.74) is 5.52. The van der Waals surface area contributed by atoms with Crippen LogP contribution >= 0.6 is 11.3 Å². The van der Waals surface area contributed by atoms with Gasteiger partial charge in [-0.15, -0.1) is 0 Å². The zero-order chi connectivity index (χ0) is 5.98. The molecule has 0 spiro atoms. The van der Waals surface area contributed by atoms with Crippen LogP contribution in [0.1, 0.15) is 4.88 Å². The molecule has 42 valence electrons. The Morgan fingerprint density at radius 1 is 1.75 bits per heavy atom. The average molecular weight is 295 g/mol. The number of nitrogens with two attached hydrogens (primary N) is 1. The van der Waals surface area contributed by atoms with Gasteiger partial charge in [0.1, 0.15) is 0 Å². The predicted molar refractivity (Wildman–Crippen MR) is 32.6 cm³/mol. The van der Waals surface area contributed by atoms with Crippen LogP contribution in [0.5, 0.6) is 0 Å². The molecule has 0 unspecified atom stereocenters. The fourth-order valence-electron chi connectivity index (χ4n) is 0.419. The Morgan fingerprint density at radius 3 is 2.75 bits per heavy atom. The molecule has 0 fully saturated rings. The molecule has 0 aliphatic heterocycles. The van der Waals surface area contributed by atoms with Crippen molar-refractivity contribution in [2.24, 2.45) is 5.73 Å². The van der Waals surface area contributed by atoms with Gasteiger partial charge in [-0.1, -0.05) is 0 Å². The molecule has 1 aromatic heterocycles. The van der Waals surface area contributed by atoms with Gasteiger partial charge in [-0.25, -0.2) is 0 Å². The molecule has 0 bridgehead atoms. The molecule has 1 rings (SSSR count). The second-order valence-electron chi connectivity index (χ2n) is 1.34. The van der Waals surface area contributed by atoms with E-state index in [2.05, 4.69) is 0 Å². The third-order valence-corrected chi connectivity index (χ3v) is 2.97. The van der Waals surface area contributed by atoms with Crippen molar-refractivity contribution >= 4 is 15.4 Å². The predicted octanol–water partition coefficient (Wildman–Crippen LogP) is 0.732. The van der Waals surface area contributed by atoms with Gasteiger partial charge in [-0.05, 0) is 0 Å². The Balaban J connectivity index is 2.93. The molecule has 1 heterocycles. The zero-order valence-corrected chi connectivity index (χ0v) is 7.88. The Kier molecular flexibility index (Phi) is 2.12.